The van der Waals surface area contributed by atoms with E-state index in [4.69, 9.17) is 18.9 Å². The number of pyridine rings is 1. The van der Waals surface area contributed by atoms with Gasteiger partial charge < -0.3 is 29.6 Å². The molecule has 1 aliphatic rings. The van der Waals surface area contributed by atoms with Crippen LogP contribution in [0.3, 0.4) is 0 Å². The van der Waals surface area contributed by atoms with E-state index in [1.165, 1.54) is 0 Å². The minimum atomic E-state index is -0.261. The van der Waals surface area contributed by atoms with Crippen molar-refractivity contribution in [1.29, 1.82) is 0 Å². The predicted molar refractivity (Wildman–Crippen MR) is 108 cm³/mol. The Morgan fingerprint density at radius 2 is 1.86 bits per heavy atom. The number of hydrogen-bond donors (Lipinski definition) is 2. The van der Waals surface area contributed by atoms with Crippen LogP contribution in [0.4, 0.5) is 17.2 Å². The first-order chi connectivity index (χ1) is 14.2. The molecular formula is C21H19N3O5. The SMILES string of the molecule is COc1ccc(Nc2ccc(NC(=O)c3ccc4c(c3)OCO4)cn2)c(OC)c1. The molecule has 4 rings (SSSR count). The summed E-state index contributed by atoms with van der Waals surface area (Å²) in [6, 6.07) is 14.0. The van der Waals surface area contributed by atoms with Gasteiger partial charge >= 0.3 is 0 Å². The molecule has 2 aromatic carbocycles. The normalized spacial score (nSPS) is 11.7. The smallest absolute Gasteiger partial charge is 0.255 e. The third-order valence-corrected chi connectivity index (χ3v) is 4.33. The second kappa shape index (κ2) is 7.97. The molecule has 2 heterocycles. The molecule has 0 saturated heterocycles. The van der Waals surface area contributed by atoms with Gasteiger partial charge in [0, 0.05) is 11.6 Å². The number of ether oxygens (including phenoxy) is 4. The maximum atomic E-state index is 12.5. The number of fused-ring (bicyclic) bond motifs is 1. The van der Waals surface area contributed by atoms with Crippen molar-refractivity contribution in [3.8, 4) is 23.0 Å². The van der Waals surface area contributed by atoms with Gasteiger partial charge in [-0.25, -0.2) is 4.98 Å². The van der Waals surface area contributed by atoms with Gasteiger partial charge in [0.1, 0.15) is 17.3 Å². The molecule has 8 nitrogen and oxygen atoms in total. The topological polar surface area (TPSA) is 90.9 Å². The third kappa shape index (κ3) is 4.01. The minimum Gasteiger partial charge on any atom is -0.497 e. The molecule has 3 aromatic rings. The number of amides is 1. The van der Waals surface area contributed by atoms with Gasteiger partial charge in [0.2, 0.25) is 6.79 Å². The highest BCUT2D eigenvalue weighted by molar-refractivity contribution is 6.04. The lowest BCUT2D eigenvalue weighted by Crippen LogP contribution is -2.12. The van der Waals surface area contributed by atoms with Crippen LogP contribution in [-0.4, -0.2) is 31.9 Å². The Kier molecular flexibility index (Phi) is 5.07. The van der Waals surface area contributed by atoms with Gasteiger partial charge in [-0.3, -0.25) is 4.79 Å². The molecule has 8 heteroatoms. The van der Waals surface area contributed by atoms with E-state index in [1.54, 1.807) is 56.8 Å². The van der Waals surface area contributed by atoms with Crippen molar-refractivity contribution in [2.24, 2.45) is 0 Å². The number of nitrogens with zero attached hydrogens (tertiary/aromatic N) is 1. The van der Waals surface area contributed by atoms with Crippen molar-refractivity contribution in [3.05, 3.63) is 60.3 Å². The van der Waals surface area contributed by atoms with E-state index >= 15 is 0 Å². The highest BCUT2D eigenvalue weighted by atomic mass is 16.7. The zero-order valence-electron chi connectivity index (χ0n) is 15.9. The van der Waals surface area contributed by atoms with Crippen LogP contribution in [0.15, 0.2) is 54.7 Å². The van der Waals surface area contributed by atoms with Crippen LogP contribution < -0.4 is 29.6 Å². The Hall–Kier alpha value is -3.94. The molecule has 148 valence electrons. The quantitative estimate of drug-likeness (QED) is 0.658. The van der Waals surface area contributed by atoms with Gasteiger partial charge in [-0.2, -0.15) is 0 Å². The van der Waals surface area contributed by atoms with Crippen molar-refractivity contribution >= 4 is 23.1 Å². The first-order valence-electron chi connectivity index (χ1n) is 8.82. The molecule has 1 amide bonds. The Morgan fingerprint density at radius 3 is 2.62 bits per heavy atom. The summed E-state index contributed by atoms with van der Waals surface area (Å²) in [5.74, 6) is 2.86. The van der Waals surface area contributed by atoms with Crippen LogP contribution in [0.25, 0.3) is 0 Å². The van der Waals surface area contributed by atoms with Crippen LogP contribution in [0, 0.1) is 0 Å². The Bertz CT molecular complexity index is 1040. The Morgan fingerprint density at radius 1 is 1.00 bits per heavy atom. The van der Waals surface area contributed by atoms with E-state index in [9.17, 15) is 4.79 Å². The summed E-state index contributed by atoms with van der Waals surface area (Å²) in [7, 11) is 3.18. The molecule has 0 fully saturated rings. The zero-order valence-corrected chi connectivity index (χ0v) is 15.9. The first kappa shape index (κ1) is 18.4. The predicted octanol–water partition coefficient (Wildman–Crippen LogP) is 3.82. The van der Waals surface area contributed by atoms with E-state index in [0.717, 1.165) is 5.69 Å². The average Bonchev–Trinajstić information content (AvgIpc) is 3.23. The molecule has 0 spiro atoms. The molecule has 0 bridgehead atoms. The van der Waals surface area contributed by atoms with Crippen molar-refractivity contribution in [2.45, 2.75) is 0 Å². The largest absolute Gasteiger partial charge is 0.497 e. The van der Waals surface area contributed by atoms with E-state index in [2.05, 4.69) is 15.6 Å². The average molecular weight is 393 g/mol. The molecule has 0 radical (unpaired) electrons. The van der Waals surface area contributed by atoms with Crippen molar-refractivity contribution in [2.75, 3.05) is 31.6 Å². The molecule has 29 heavy (non-hydrogen) atoms. The second-order valence-electron chi connectivity index (χ2n) is 6.15. The van der Waals surface area contributed by atoms with Crippen LogP contribution in [0.2, 0.25) is 0 Å². The minimum absolute atomic E-state index is 0.164. The van der Waals surface area contributed by atoms with E-state index in [-0.39, 0.29) is 12.7 Å². The lowest BCUT2D eigenvalue weighted by atomic mass is 10.2. The van der Waals surface area contributed by atoms with Gasteiger partial charge in [-0.15, -0.1) is 0 Å². The van der Waals surface area contributed by atoms with E-state index in [0.29, 0.717) is 40.1 Å². The van der Waals surface area contributed by atoms with Crippen LogP contribution in [0.1, 0.15) is 10.4 Å². The van der Waals surface area contributed by atoms with E-state index < -0.39 is 0 Å². The summed E-state index contributed by atoms with van der Waals surface area (Å²) < 4.78 is 21.1. The Balaban J connectivity index is 1.43. The summed E-state index contributed by atoms with van der Waals surface area (Å²) in [6.07, 6.45) is 1.57. The van der Waals surface area contributed by atoms with Gasteiger partial charge in [0.25, 0.3) is 5.91 Å². The van der Waals surface area contributed by atoms with Gasteiger partial charge in [-0.1, -0.05) is 0 Å². The summed E-state index contributed by atoms with van der Waals surface area (Å²) in [5, 5.41) is 5.99. The molecule has 2 N–H and O–H groups in total. The maximum absolute atomic E-state index is 12.5. The van der Waals surface area contributed by atoms with Crippen LogP contribution >= 0.6 is 0 Å². The van der Waals surface area contributed by atoms with Crippen molar-refractivity contribution < 1.29 is 23.7 Å². The molecule has 1 aromatic heterocycles. The maximum Gasteiger partial charge on any atom is 0.255 e. The van der Waals surface area contributed by atoms with Crippen LogP contribution in [-0.2, 0) is 0 Å². The van der Waals surface area contributed by atoms with Gasteiger partial charge in [-0.05, 0) is 42.5 Å². The summed E-state index contributed by atoms with van der Waals surface area (Å²) in [6.45, 7) is 0.164. The van der Waals surface area contributed by atoms with Crippen LogP contribution in [0.5, 0.6) is 23.0 Å². The number of aromatic nitrogens is 1. The highest BCUT2D eigenvalue weighted by Gasteiger charge is 2.16. The van der Waals surface area contributed by atoms with Crippen molar-refractivity contribution in [1.82, 2.24) is 4.98 Å². The number of anilines is 3. The Labute approximate surface area is 167 Å². The fourth-order valence-corrected chi connectivity index (χ4v) is 2.82. The summed E-state index contributed by atoms with van der Waals surface area (Å²) in [4.78, 5) is 16.8. The number of benzene rings is 2. The standard InChI is InChI=1S/C21H19N3O5/c1-26-15-5-6-16(18(10-15)27-2)24-20-8-4-14(11-22-20)23-21(25)13-3-7-17-19(9-13)29-12-28-17/h3-11H,12H2,1-2H3,(H,22,24)(H,23,25). The summed E-state index contributed by atoms with van der Waals surface area (Å²) >= 11 is 0. The fourth-order valence-electron chi connectivity index (χ4n) is 2.82. The lowest BCUT2D eigenvalue weighted by molar-refractivity contribution is 0.102. The number of carbonyl (C=O) groups is 1. The number of rotatable bonds is 6. The zero-order chi connectivity index (χ0) is 20.2. The molecule has 0 aliphatic carbocycles. The number of nitrogens with one attached hydrogen (secondary N) is 2. The third-order valence-electron chi connectivity index (χ3n) is 4.33. The number of methoxy groups -OCH3 is 2. The molecular weight excluding hydrogens is 374 g/mol. The molecule has 0 atom stereocenters. The highest BCUT2D eigenvalue weighted by Crippen LogP contribution is 2.33. The van der Waals surface area contributed by atoms with Crippen molar-refractivity contribution in [3.63, 3.8) is 0 Å². The second-order valence-corrected chi connectivity index (χ2v) is 6.15. The fraction of sp³-hybridized carbons (Fsp3) is 0.143. The number of hydrogen-bond acceptors (Lipinski definition) is 7. The molecule has 1 aliphatic heterocycles. The summed E-state index contributed by atoms with van der Waals surface area (Å²) in [5.41, 5.74) is 1.79. The first-order valence-corrected chi connectivity index (χ1v) is 8.82. The van der Waals surface area contributed by atoms with Gasteiger partial charge in [0.05, 0.1) is 31.8 Å². The lowest BCUT2D eigenvalue weighted by Gasteiger charge is -2.12. The monoisotopic (exact) mass is 393 g/mol. The molecule has 0 saturated carbocycles. The van der Waals surface area contributed by atoms with Gasteiger partial charge in [0.15, 0.2) is 11.5 Å². The van der Waals surface area contributed by atoms with E-state index in [1.807, 2.05) is 12.1 Å². The molecule has 0 unspecified atom stereocenters. The number of carbonyl (C=O) groups excluding carboxylic acids is 1.